The standard InChI is InChI=1S/C20H34N4O5S/c1-21-20(22-8-4-10-28-15-18-7-11-29-16-18)23-14-17-5-3-6-19(13-17)30(25,26)24-9-12-27-2/h3,5-6,13,18,24H,4,7-12,14-16H2,1-2H3,(H2,21,22,23). The fourth-order valence-electron chi connectivity index (χ4n) is 2.94. The fraction of sp³-hybridized carbons (Fsp3) is 0.650. The summed E-state index contributed by atoms with van der Waals surface area (Å²) in [4.78, 5) is 4.43. The van der Waals surface area contributed by atoms with Gasteiger partial charge in [0.15, 0.2) is 5.96 Å². The molecule has 0 saturated carbocycles. The van der Waals surface area contributed by atoms with Crippen molar-refractivity contribution in [2.45, 2.75) is 24.3 Å². The van der Waals surface area contributed by atoms with Crippen molar-refractivity contribution < 1.29 is 22.6 Å². The van der Waals surface area contributed by atoms with E-state index >= 15 is 0 Å². The summed E-state index contributed by atoms with van der Waals surface area (Å²) in [5.74, 6) is 1.19. The molecule has 0 amide bonds. The molecule has 1 aliphatic rings. The Morgan fingerprint density at radius 1 is 1.27 bits per heavy atom. The molecule has 2 rings (SSSR count). The Morgan fingerprint density at radius 3 is 2.87 bits per heavy atom. The van der Waals surface area contributed by atoms with Gasteiger partial charge < -0.3 is 24.8 Å². The fourth-order valence-corrected chi connectivity index (χ4v) is 4.02. The lowest BCUT2D eigenvalue weighted by atomic mass is 10.1. The van der Waals surface area contributed by atoms with Crippen LogP contribution in [0.4, 0.5) is 0 Å². The lowest BCUT2D eigenvalue weighted by molar-refractivity contribution is 0.0888. The van der Waals surface area contributed by atoms with Crippen LogP contribution in [0.25, 0.3) is 0 Å². The van der Waals surface area contributed by atoms with Gasteiger partial charge in [-0.2, -0.15) is 0 Å². The Bertz CT molecular complexity index is 751. The van der Waals surface area contributed by atoms with E-state index in [4.69, 9.17) is 14.2 Å². The highest BCUT2D eigenvalue weighted by Gasteiger charge is 2.15. The van der Waals surface area contributed by atoms with Gasteiger partial charge in [-0.1, -0.05) is 12.1 Å². The Hall–Kier alpha value is -1.72. The third kappa shape index (κ3) is 8.97. The third-order valence-corrected chi connectivity index (χ3v) is 6.08. The molecule has 0 spiro atoms. The molecule has 0 radical (unpaired) electrons. The van der Waals surface area contributed by atoms with Crippen LogP contribution in [0.1, 0.15) is 18.4 Å². The average molecular weight is 443 g/mol. The molecule has 30 heavy (non-hydrogen) atoms. The number of aliphatic imine (C=N–C) groups is 1. The highest BCUT2D eigenvalue weighted by molar-refractivity contribution is 7.89. The van der Waals surface area contributed by atoms with Gasteiger partial charge in [-0.3, -0.25) is 4.99 Å². The monoisotopic (exact) mass is 442 g/mol. The van der Waals surface area contributed by atoms with Gasteiger partial charge in [-0.25, -0.2) is 13.1 Å². The molecule has 1 saturated heterocycles. The van der Waals surface area contributed by atoms with Crippen LogP contribution in [-0.2, 0) is 30.8 Å². The molecule has 1 fully saturated rings. The van der Waals surface area contributed by atoms with E-state index < -0.39 is 10.0 Å². The van der Waals surface area contributed by atoms with Crippen LogP contribution < -0.4 is 15.4 Å². The first-order valence-electron chi connectivity index (χ1n) is 10.2. The van der Waals surface area contributed by atoms with Gasteiger partial charge in [0.2, 0.25) is 10.0 Å². The number of hydrogen-bond donors (Lipinski definition) is 3. The van der Waals surface area contributed by atoms with Crippen LogP contribution in [0.3, 0.4) is 0 Å². The van der Waals surface area contributed by atoms with E-state index in [9.17, 15) is 8.42 Å². The summed E-state index contributed by atoms with van der Waals surface area (Å²) < 4.78 is 43.1. The lowest BCUT2D eigenvalue weighted by Crippen LogP contribution is -2.37. The molecule has 0 bridgehead atoms. The van der Waals surface area contributed by atoms with Crippen molar-refractivity contribution in [1.82, 2.24) is 15.4 Å². The summed E-state index contributed by atoms with van der Waals surface area (Å²) in [6, 6.07) is 6.82. The summed E-state index contributed by atoms with van der Waals surface area (Å²) in [6.07, 6.45) is 1.95. The number of benzene rings is 1. The minimum absolute atomic E-state index is 0.227. The summed E-state index contributed by atoms with van der Waals surface area (Å²) in [6.45, 7) is 4.84. The van der Waals surface area contributed by atoms with Crippen molar-refractivity contribution >= 4 is 16.0 Å². The topological polar surface area (TPSA) is 110 Å². The molecule has 1 aromatic rings. The Kier molecular flexibility index (Phi) is 11.1. The van der Waals surface area contributed by atoms with Crippen molar-refractivity contribution in [3.8, 4) is 0 Å². The number of ether oxygens (including phenoxy) is 3. The van der Waals surface area contributed by atoms with E-state index in [0.717, 1.165) is 44.8 Å². The van der Waals surface area contributed by atoms with E-state index in [1.165, 1.54) is 7.11 Å². The second-order valence-corrected chi connectivity index (χ2v) is 8.82. The van der Waals surface area contributed by atoms with Gasteiger partial charge in [0.1, 0.15) is 0 Å². The highest BCUT2D eigenvalue weighted by Crippen LogP contribution is 2.12. The summed E-state index contributed by atoms with van der Waals surface area (Å²) in [5.41, 5.74) is 0.842. The number of nitrogens with zero attached hydrogens (tertiary/aromatic N) is 1. The Balaban J connectivity index is 1.70. The molecule has 1 atom stereocenters. The first kappa shape index (κ1) is 24.5. The molecule has 3 N–H and O–H groups in total. The summed E-state index contributed by atoms with van der Waals surface area (Å²) >= 11 is 0. The second kappa shape index (κ2) is 13.6. The Morgan fingerprint density at radius 2 is 2.13 bits per heavy atom. The Labute approximate surface area is 179 Å². The number of methoxy groups -OCH3 is 1. The predicted octanol–water partition coefficient (Wildman–Crippen LogP) is 0.720. The maximum atomic E-state index is 12.3. The van der Waals surface area contributed by atoms with Gasteiger partial charge in [0.05, 0.1) is 24.7 Å². The predicted molar refractivity (Wildman–Crippen MR) is 116 cm³/mol. The van der Waals surface area contributed by atoms with E-state index in [1.54, 1.807) is 25.2 Å². The molecule has 1 unspecified atom stereocenters. The molecular formula is C20H34N4O5S. The van der Waals surface area contributed by atoms with Gasteiger partial charge in [0.25, 0.3) is 0 Å². The van der Waals surface area contributed by atoms with Gasteiger partial charge in [0, 0.05) is 52.9 Å². The molecule has 10 heteroatoms. The van der Waals surface area contributed by atoms with Crippen molar-refractivity contribution in [2.24, 2.45) is 10.9 Å². The van der Waals surface area contributed by atoms with Crippen LogP contribution in [0.2, 0.25) is 0 Å². The zero-order valence-corrected chi connectivity index (χ0v) is 18.7. The molecular weight excluding hydrogens is 408 g/mol. The van der Waals surface area contributed by atoms with Crippen LogP contribution >= 0.6 is 0 Å². The smallest absolute Gasteiger partial charge is 0.240 e. The number of nitrogens with one attached hydrogen (secondary N) is 3. The summed E-state index contributed by atoms with van der Waals surface area (Å²) in [7, 11) is -0.325. The van der Waals surface area contributed by atoms with Crippen molar-refractivity contribution in [2.75, 3.05) is 60.3 Å². The van der Waals surface area contributed by atoms with Gasteiger partial charge in [-0.05, 0) is 30.5 Å². The van der Waals surface area contributed by atoms with E-state index in [1.807, 2.05) is 6.07 Å². The lowest BCUT2D eigenvalue weighted by Gasteiger charge is -2.13. The second-order valence-electron chi connectivity index (χ2n) is 7.05. The minimum Gasteiger partial charge on any atom is -0.383 e. The zero-order chi connectivity index (χ0) is 21.7. The van der Waals surface area contributed by atoms with Gasteiger partial charge >= 0.3 is 0 Å². The molecule has 9 nitrogen and oxygen atoms in total. The van der Waals surface area contributed by atoms with Crippen LogP contribution in [0.15, 0.2) is 34.2 Å². The highest BCUT2D eigenvalue weighted by atomic mass is 32.2. The molecule has 170 valence electrons. The van der Waals surface area contributed by atoms with E-state index in [0.29, 0.717) is 31.6 Å². The molecule has 1 heterocycles. The quantitative estimate of drug-likeness (QED) is 0.235. The third-order valence-electron chi connectivity index (χ3n) is 4.63. The average Bonchev–Trinajstić information content (AvgIpc) is 3.26. The number of rotatable bonds is 13. The summed E-state index contributed by atoms with van der Waals surface area (Å²) in [5, 5.41) is 6.44. The van der Waals surface area contributed by atoms with Gasteiger partial charge in [-0.15, -0.1) is 0 Å². The van der Waals surface area contributed by atoms with Crippen LogP contribution in [0, 0.1) is 5.92 Å². The normalized spacial score (nSPS) is 17.3. The van der Waals surface area contributed by atoms with Crippen LogP contribution in [0.5, 0.6) is 0 Å². The number of sulfonamides is 1. The first-order chi connectivity index (χ1) is 14.5. The van der Waals surface area contributed by atoms with E-state index in [2.05, 4.69) is 20.3 Å². The van der Waals surface area contributed by atoms with Crippen molar-refractivity contribution in [3.05, 3.63) is 29.8 Å². The largest absolute Gasteiger partial charge is 0.383 e. The minimum atomic E-state index is -3.55. The molecule has 0 aromatic heterocycles. The zero-order valence-electron chi connectivity index (χ0n) is 17.9. The first-order valence-corrected chi connectivity index (χ1v) is 11.7. The molecule has 1 aliphatic heterocycles. The number of hydrogen-bond acceptors (Lipinski definition) is 6. The SMILES string of the molecule is CN=C(NCCCOCC1CCOC1)NCc1cccc(S(=O)(=O)NCCOC)c1. The van der Waals surface area contributed by atoms with Crippen molar-refractivity contribution in [1.29, 1.82) is 0 Å². The van der Waals surface area contributed by atoms with E-state index in [-0.39, 0.29) is 11.4 Å². The molecule has 0 aliphatic carbocycles. The van der Waals surface area contributed by atoms with Crippen molar-refractivity contribution in [3.63, 3.8) is 0 Å². The number of guanidine groups is 1. The maximum absolute atomic E-state index is 12.3. The maximum Gasteiger partial charge on any atom is 0.240 e. The molecule has 1 aromatic carbocycles. The van der Waals surface area contributed by atoms with Crippen LogP contribution in [-0.4, -0.2) is 74.7 Å².